The molecule has 0 saturated heterocycles. The highest BCUT2D eigenvalue weighted by Gasteiger charge is 2.15. The third-order valence-electron chi connectivity index (χ3n) is 2.46. The zero-order valence-electron chi connectivity index (χ0n) is 9.52. The molecule has 4 nitrogen and oxygen atoms in total. The summed E-state index contributed by atoms with van der Waals surface area (Å²) in [6, 6.07) is 7.27. The van der Waals surface area contributed by atoms with E-state index in [0.717, 1.165) is 11.8 Å². The standard InChI is InChI=1S/C13H12FNO3/c14-10-4-1-5-11(16)12(10)13(17)15-7-6-9-3-2-8-18-9/h1-5,8,16H,6-7H2,(H,15,17). The summed E-state index contributed by atoms with van der Waals surface area (Å²) in [6.45, 7) is 0.306. The minimum absolute atomic E-state index is 0.306. The molecule has 5 heteroatoms. The predicted octanol–water partition coefficient (Wildman–Crippen LogP) is 2.10. The van der Waals surface area contributed by atoms with Gasteiger partial charge in [-0.05, 0) is 24.3 Å². The van der Waals surface area contributed by atoms with Crippen molar-refractivity contribution >= 4 is 5.91 Å². The molecule has 1 heterocycles. The number of phenols is 1. The molecule has 0 bridgehead atoms. The van der Waals surface area contributed by atoms with Crippen molar-refractivity contribution in [3.8, 4) is 5.75 Å². The fourth-order valence-corrected chi connectivity index (χ4v) is 1.58. The van der Waals surface area contributed by atoms with E-state index in [1.54, 1.807) is 18.4 Å². The topological polar surface area (TPSA) is 62.5 Å². The first-order chi connectivity index (χ1) is 8.68. The second-order valence-electron chi connectivity index (χ2n) is 3.72. The number of carbonyl (C=O) groups excluding carboxylic acids is 1. The molecule has 0 atom stereocenters. The van der Waals surface area contributed by atoms with E-state index in [1.165, 1.54) is 12.1 Å². The highest BCUT2D eigenvalue weighted by Crippen LogP contribution is 2.19. The van der Waals surface area contributed by atoms with Crippen LogP contribution >= 0.6 is 0 Å². The van der Waals surface area contributed by atoms with Crippen molar-refractivity contribution in [1.82, 2.24) is 5.32 Å². The Morgan fingerprint density at radius 3 is 2.83 bits per heavy atom. The molecule has 2 aromatic rings. The van der Waals surface area contributed by atoms with E-state index < -0.39 is 11.7 Å². The van der Waals surface area contributed by atoms with Crippen molar-refractivity contribution in [1.29, 1.82) is 0 Å². The molecule has 18 heavy (non-hydrogen) atoms. The molecular formula is C13H12FNO3. The average molecular weight is 249 g/mol. The Morgan fingerprint density at radius 2 is 2.17 bits per heavy atom. The number of hydrogen-bond acceptors (Lipinski definition) is 3. The number of hydrogen-bond donors (Lipinski definition) is 2. The van der Waals surface area contributed by atoms with Crippen LogP contribution in [-0.4, -0.2) is 17.6 Å². The number of phenolic OH excluding ortho intramolecular Hbond substituents is 1. The maximum atomic E-state index is 13.4. The van der Waals surface area contributed by atoms with Gasteiger partial charge in [0.15, 0.2) is 0 Å². The van der Waals surface area contributed by atoms with E-state index in [2.05, 4.69) is 5.32 Å². The third kappa shape index (κ3) is 2.68. The summed E-state index contributed by atoms with van der Waals surface area (Å²) in [5, 5.41) is 11.9. The quantitative estimate of drug-likeness (QED) is 0.872. The molecule has 0 aliphatic carbocycles. The predicted molar refractivity (Wildman–Crippen MR) is 62.8 cm³/mol. The van der Waals surface area contributed by atoms with Crippen molar-refractivity contribution in [2.75, 3.05) is 6.54 Å². The first-order valence-electron chi connectivity index (χ1n) is 5.46. The molecule has 0 spiro atoms. The van der Waals surface area contributed by atoms with E-state index in [0.29, 0.717) is 13.0 Å². The zero-order chi connectivity index (χ0) is 13.0. The first kappa shape index (κ1) is 12.2. The van der Waals surface area contributed by atoms with Gasteiger partial charge in [-0.3, -0.25) is 4.79 Å². The van der Waals surface area contributed by atoms with Crippen LogP contribution in [0, 0.1) is 5.82 Å². The third-order valence-corrected chi connectivity index (χ3v) is 2.46. The number of aromatic hydroxyl groups is 1. The van der Waals surface area contributed by atoms with Crippen LogP contribution in [0.3, 0.4) is 0 Å². The zero-order valence-corrected chi connectivity index (χ0v) is 9.52. The molecule has 94 valence electrons. The summed E-state index contributed by atoms with van der Waals surface area (Å²) in [6.07, 6.45) is 2.05. The Balaban J connectivity index is 1.96. The summed E-state index contributed by atoms with van der Waals surface area (Å²) < 4.78 is 18.5. The van der Waals surface area contributed by atoms with Gasteiger partial charge in [0.05, 0.1) is 6.26 Å². The molecule has 1 amide bonds. The van der Waals surface area contributed by atoms with E-state index in [1.807, 2.05) is 0 Å². The molecule has 0 fully saturated rings. The van der Waals surface area contributed by atoms with E-state index in [4.69, 9.17) is 4.42 Å². The van der Waals surface area contributed by atoms with Crippen molar-refractivity contribution in [2.24, 2.45) is 0 Å². The molecule has 0 radical (unpaired) electrons. The largest absolute Gasteiger partial charge is 0.507 e. The van der Waals surface area contributed by atoms with E-state index in [-0.39, 0.29) is 11.3 Å². The first-order valence-corrected chi connectivity index (χ1v) is 5.46. The number of halogens is 1. The van der Waals surface area contributed by atoms with Crippen LogP contribution in [0.25, 0.3) is 0 Å². The number of nitrogens with one attached hydrogen (secondary N) is 1. The Kier molecular flexibility index (Phi) is 3.62. The maximum absolute atomic E-state index is 13.4. The highest BCUT2D eigenvalue weighted by atomic mass is 19.1. The van der Waals surface area contributed by atoms with Gasteiger partial charge in [-0.2, -0.15) is 0 Å². The van der Waals surface area contributed by atoms with E-state index in [9.17, 15) is 14.3 Å². The Morgan fingerprint density at radius 1 is 1.33 bits per heavy atom. The minimum Gasteiger partial charge on any atom is -0.507 e. The number of rotatable bonds is 4. The van der Waals surface area contributed by atoms with Gasteiger partial charge in [-0.15, -0.1) is 0 Å². The van der Waals surface area contributed by atoms with Gasteiger partial charge in [0.2, 0.25) is 0 Å². The summed E-state index contributed by atoms with van der Waals surface area (Å²) >= 11 is 0. The Bertz CT molecular complexity index is 517. The lowest BCUT2D eigenvalue weighted by Gasteiger charge is -2.06. The number of benzene rings is 1. The molecule has 0 unspecified atom stereocenters. The van der Waals surface area contributed by atoms with Gasteiger partial charge in [0, 0.05) is 13.0 Å². The SMILES string of the molecule is O=C(NCCc1ccco1)c1c(O)cccc1F. The van der Waals surface area contributed by atoms with Crippen LogP contribution in [0.4, 0.5) is 4.39 Å². The van der Waals surface area contributed by atoms with Crippen molar-refractivity contribution < 1.29 is 18.7 Å². The summed E-state index contributed by atoms with van der Waals surface area (Å²) in [5.74, 6) is -1.03. The van der Waals surface area contributed by atoms with E-state index >= 15 is 0 Å². The summed E-state index contributed by atoms with van der Waals surface area (Å²) in [4.78, 5) is 11.7. The van der Waals surface area contributed by atoms with Gasteiger partial charge in [-0.1, -0.05) is 6.07 Å². The lowest BCUT2D eigenvalue weighted by atomic mass is 10.1. The lowest BCUT2D eigenvalue weighted by molar-refractivity contribution is 0.0947. The monoisotopic (exact) mass is 249 g/mol. The smallest absolute Gasteiger partial charge is 0.258 e. The fourth-order valence-electron chi connectivity index (χ4n) is 1.58. The van der Waals surface area contributed by atoms with Crippen molar-refractivity contribution in [3.05, 3.63) is 53.7 Å². The molecule has 1 aromatic heterocycles. The second kappa shape index (κ2) is 5.35. The summed E-state index contributed by atoms with van der Waals surface area (Å²) in [7, 11) is 0. The lowest BCUT2D eigenvalue weighted by Crippen LogP contribution is -2.26. The van der Waals surface area contributed by atoms with Crippen LogP contribution in [0.2, 0.25) is 0 Å². The highest BCUT2D eigenvalue weighted by molar-refractivity contribution is 5.97. The fraction of sp³-hybridized carbons (Fsp3) is 0.154. The van der Waals surface area contributed by atoms with Crippen LogP contribution in [0.15, 0.2) is 41.0 Å². The van der Waals surface area contributed by atoms with Crippen LogP contribution in [0.1, 0.15) is 16.1 Å². The molecule has 0 aliphatic rings. The molecule has 2 rings (SSSR count). The molecule has 0 saturated carbocycles. The maximum Gasteiger partial charge on any atom is 0.258 e. The average Bonchev–Trinajstić information content (AvgIpc) is 2.82. The summed E-state index contributed by atoms with van der Waals surface area (Å²) in [5.41, 5.74) is -0.336. The number of amides is 1. The Labute approximate surface area is 103 Å². The molecular weight excluding hydrogens is 237 g/mol. The van der Waals surface area contributed by atoms with Gasteiger partial charge < -0.3 is 14.8 Å². The van der Waals surface area contributed by atoms with Crippen molar-refractivity contribution in [3.63, 3.8) is 0 Å². The van der Waals surface area contributed by atoms with Gasteiger partial charge >= 0.3 is 0 Å². The van der Waals surface area contributed by atoms with Crippen LogP contribution in [0.5, 0.6) is 5.75 Å². The number of furan rings is 1. The Hall–Kier alpha value is -2.30. The minimum atomic E-state index is -0.745. The van der Waals surface area contributed by atoms with Gasteiger partial charge in [-0.25, -0.2) is 4.39 Å². The number of carbonyl (C=O) groups is 1. The molecule has 2 N–H and O–H groups in total. The second-order valence-corrected chi connectivity index (χ2v) is 3.72. The van der Waals surface area contributed by atoms with Gasteiger partial charge in [0.1, 0.15) is 22.9 Å². The normalized spacial score (nSPS) is 10.3. The molecule has 1 aromatic carbocycles. The molecule has 0 aliphatic heterocycles. The van der Waals surface area contributed by atoms with Crippen LogP contribution < -0.4 is 5.32 Å². The van der Waals surface area contributed by atoms with Crippen LogP contribution in [-0.2, 0) is 6.42 Å². The van der Waals surface area contributed by atoms with Crippen molar-refractivity contribution in [2.45, 2.75) is 6.42 Å². The van der Waals surface area contributed by atoms with Gasteiger partial charge in [0.25, 0.3) is 5.91 Å².